The molecule has 0 aromatic heterocycles. The van der Waals surface area contributed by atoms with Crippen LogP contribution in [0.5, 0.6) is 0 Å². The molecule has 0 radical (unpaired) electrons. The van der Waals surface area contributed by atoms with Gasteiger partial charge >= 0.3 is 0 Å². The van der Waals surface area contributed by atoms with Gasteiger partial charge in [-0.15, -0.1) is 0 Å². The van der Waals surface area contributed by atoms with Crippen LogP contribution in [0.25, 0.3) is 0 Å². The number of nitrogens with one attached hydrogen (secondary N) is 1. The Labute approximate surface area is 115 Å². The number of hydrogen-bond donors (Lipinski definition) is 1. The molecular weight excluding hydrogens is 240 g/mol. The molecule has 0 aliphatic heterocycles. The molecule has 0 aliphatic carbocycles. The molecule has 4 heteroatoms. The zero-order valence-corrected chi connectivity index (χ0v) is 11.9. The van der Waals surface area contributed by atoms with E-state index in [9.17, 15) is 4.79 Å². The standard InChI is InChI=1S/C15H24N2O2/c1-3-17(13-14-7-5-4-6-8-14)15(18)9-10-16-11-12-19-2/h4-8,16H,3,9-13H2,1-2H3. The summed E-state index contributed by atoms with van der Waals surface area (Å²) in [7, 11) is 1.67. The van der Waals surface area contributed by atoms with Crippen molar-refractivity contribution in [3.63, 3.8) is 0 Å². The molecule has 19 heavy (non-hydrogen) atoms. The highest BCUT2D eigenvalue weighted by Gasteiger charge is 2.11. The maximum absolute atomic E-state index is 12.1. The van der Waals surface area contributed by atoms with Crippen LogP contribution >= 0.6 is 0 Å². The van der Waals surface area contributed by atoms with Gasteiger partial charge in [0.15, 0.2) is 0 Å². The first kappa shape index (κ1) is 15.7. The molecule has 1 amide bonds. The van der Waals surface area contributed by atoms with Crippen molar-refractivity contribution in [2.75, 3.05) is 33.4 Å². The molecule has 0 atom stereocenters. The van der Waals surface area contributed by atoms with Gasteiger partial charge in [0, 0.05) is 39.7 Å². The first-order valence-corrected chi connectivity index (χ1v) is 6.79. The number of rotatable bonds is 9. The van der Waals surface area contributed by atoms with Gasteiger partial charge in [0.05, 0.1) is 6.61 Å². The molecular formula is C15H24N2O2. The molecule has 4 nitrogen and oxygen atoms in total. The second-order valence-corrected chi connectivity index (χ2v) is 4.39. The van der Waals surface area contributed by atoms with Gasteiger partial charge in [-0.25, -0.2) is 0 Å². The lowest BCUT2D eigenvalue weighted by molar-refractivity contribution is -0.131. The van der Waals surface area contributed by atoms with Gasteiger partial charge in [0.1, 0.15) is 0 Å². The summed E-state index contributed by atoms with van der Waals surface area (Å²) in [6.07, 6.45) is 0.532. The maximum atomic E-state index is 12.1. The molecule has 1 N–H and O–H groups in total. The van der Waals surface area contributed by atoms with Crippen molar-refractivity contribution in [1.82, 2.24) is 10.2 Å². The molecule has 1 rings (SSSR count). The van der Waals surface area contributed by atoms with E-state index in [4.69, 9.17) is 4.74 Å². The third-order valence-electron chi connectivity index (χ3n) is 2.95. The summed E-state index contributed by atoms with van der Waals surface area (Å²) in [5.74, 6) is 0.191. The Kier molecular flexibility index (Phi) is 7.86. The van der Waals surface area contributed by atoms with E-state index in [2.05, 4.69) is 5.32 Å². The quantitative estimate of drug-likeness (QED) is 0.690. The van der Waals surface area contributed by atoms with Crippen LogP contribution in [0.15, 0.2) is 30.3 Å². The van der Waals surface area contributed by atoms with Crippen LogP contribution in [0.2, 0.25) is 0 Å². The molecule has 0 bridgehead atoms. The van der Waals surface area contributed by atoms with E-state index in [0.29, 0.717) is 26.1 Å². The largest absolute Gasteiger partial charge is 0.383 e. The Morgan fingerprint density at radius 1 is 1.26 bits per heavy atom. The van der Waals surface area contributed by atoms with Gasteiger partial charge in [-0.2, -0.15) is 0 Å². The summed E-state index contributed by atoms with van der Waals surface area (Å²) >= 11 is 0. The Bertz CT molecular complexity index is 354. The van der Waals surface area contributed by atoms with Gasteiger partial charge in [-0.3, -0.25) is 4.79 Å². The van der Waals surface area contributed by atoms with Crippen molar-refractivity contribution >= 4 is 5.91 Å². The summed E-state index contributed by atoms with van der Waals surface area (Å²) in [6, 6.07) is 10.1. The third-order valence-corrected chi connectivity index (χ3v) is 2.95. The van der Waals surface area contributed by atoms with Gasteiger partial charge < -0.3 is 15.0 Å². The fourth-order valence-corrected chi connectivity index (χ4v) is 1.83. The highest BCUT2D eigenvalue weighted by Crippen LogP contribution is 2.05. The van der Waals surface area contributed by atoms with Crippen molar-refractivity contribution in [2.45, 2.75) is 19.9 Å². The lowest BCUT2D eigenvalue weighted by Crippen LogP contribution is -2.33. The van der Waals surface area contributed by atoms with Crippen LogP contribution in [-0.4, -0.2) is 44.2 Å². The zero-order valence-electron chi connectivity index (χ0n) is 11.9. The van der Waals surface area contributed by atoms with Crippen LogP contribution < -0.4 is 5.32 Å². The van der Waals surface area contributed by atoms with Crippen LogP contribution in [-0.2, 0) is 16.1 Å². The first-order valence-electron chi connectivity index (χ1n) is 6.79. The number of hydrogen-bond acceptors (Lipinski definition) is 3. The Balaban J connectivity index is 2.31. The van der Waals surface area contributed by atoms with E-state index in [1.807, 2.05) is 42.2 Å². The number of methoxy groups -OCH3 is 1. The minimum Gasteiger partial charge on any atom is -0.383 e. The highest BCUT2D eigenvalue weighted by molar-refractivity contribution is 5.76. The van der Waals surface area contributed by atoms with Crippen molar-refractivity contribution < 1.29 is 9.53 Å². The number of nitrogens with zero attached hydrogens (tertiary/aromatic N) is 1. The second-order valence-electron chi connectivity index (χ2n) is 4.39. The third kappa shape index (κ3) is 6.36. The lowest BCUT2D eigenvalue weighted by Gasteiger charge is -2.21. The van der Waals surface area contributed by atoms with Crippen molar-refractivity contribution in [2.24, 2.45) is 0 Å². The van der Waals surface area contributed by atoms with E-state index in [1.54, 1.807) is 7.11 Å². The first-order chi connectivity index (χ1) is 9.27. The number of benzene rings is 1. The molecule has 0 aliphatic rings. The summed E-state index contributed by atoms with van der Waals surface area (Å²) < 4.78 is 4.94. The number of carbonyl (C=O) groups is 1. The van der Waals surface area contributed by atoms with Gasteiger partial charge in [0.2, 0.25) is 5.91 Å². The van der Waals surface area contributed by atoms with E-state index < -0.39 is 0 Å². The smallest absolute Gasteiger partial charge is 0.224 e. The van der Waals surface area contributed by atoms with Crippen molar-refractivity contribution in [3.05, 3.63) is 35.9 Å². The predicted octanol–water partition coefficient (Wildman–Crippen LogP) is 1.66. The van der Waals surface area contributed by atoms with Crippen molar-refractivity contribution in [3.8, 4) is 0 Å². The van der Waals surface area contributed by atoms with Crippen LogP contribution in [0, 0.1) is 0 Å². The van der Waals surface area contributed by atoms with Crippen LogP contribution in [0.3, 0.4) is 0 Å². The van der Waals surface area contributed by atoms with Crippen LogP contribution in [0.4, 0.5) is 0 Å². The summed E-state index contributed by atoms with van der Waals surface area (Å²) in [6.45, 7) is 5.61. The minimum atomic E-state index is 0.191. The van der Waals surface area contributed by atoms with Crippen molar-refractivity contribution in [1.29, 1.82) is 0 Å². The summed E-state index contributed by atoms with van der Waals surface area (Å²) in [5, 5.41) is 3.19. The molecule has 0 heterocycles. The molecule has 0 saturated heterocycles. The number of carbonyl (C=O) groups excluding carboxylic acids is 1. The second kappa shape index (κ2) is 9.53. The normalized spacial score (nSPS) is 10.4. The molecule has 1 aromatic rings. The zero-order chi connectivity index (χ0) is 13.9. The SMILES string of the molecule is CCN(Cc1ccccc1)C(=O)CCNCCOC. The minimum absolute atomic E-state index is 0.191. The molecule has 1 aromatic carbocycles. The van der Waals surface area contributed by atoms with E-state index >= 15 is 0 Å². The summed E-state index contributed by atoms with van der Waals surface area (Å²) in [5.41, 5.74) is 1.17. The van der Waals surface area contributed by atoms with E-state index in [-0.39, 0.29) is 5.91 Å². The monoisotopic (exact) mass is 264 g/mol. The molecule has 0 fully saturated rings. The maximum Gasteiger partial charge on any atom is 0.224 e. The van der Waals surface area contributed by atoms with Crippen LogP contribution in [0.1, 0.15) is 18.9 Å². The molecule has 106 valence electrons. The molecule has 0 spiro atoms. The summed E-state index contributed by atoms with van der Waals surface area (Å²) in [4.78, 5) is 13.9. The van der Waals surface area contributed by atoms with E-state index in [1.165, 1.54) is 5.56 Å². The lowest BCUT2D eigenvalue weighted by atomic mass is 10.2. The number of amides is 1. The topological polar surface area (TPSA) is 41.6 Å². The fourth-order valence-electron chi connectivity index (χ4n) is 1.83. The van der Waals surface area contributed by atoms with E-state index in [0.717, 1.165) is 13.1 Å². The average molecular weight is 264 g/mol. The molecule has 0 saturated carbocycles. The van der Waals surface area contributed by atoms with Gasteiger partial charge in [-0.05, 0) is 12.5 Å². The molecule has 0 unspecified atom stereocenters. The Hall–Kier alpha value is -1.39. The van der Waals surface area contributed by atoms with Gasteiger partial charge in [0.25, 0.3) is 0 Å². The van der Waals surface area contributed by atoms with Gasteiger partial charge in [-0.1, -0.05) is 30.3 Å². The Morgan fingerprint density at radius 3 is 2.63 bits per heavy atom. The fraction of sp³-hybridized carbons (Fsp3) is 0.533. The predicted molar refractivity (Wildman–Crippen MR) is 76.9 cm³/mol. The number of ether oxygens (including phenoxy) is 1. The highest BCUT2D eigenvalue weighted by atomic mass is 16.5. The average Bonchev–Trinajstić information content (AvgIpc) is 2.45. The Morgan fingerprint density at radius 2 is 2.00 bits per heavy atom.